The van der Waals surface area contributed by atoms with E-state index in [1.165, 1.54) is 27.1 Å². The van der Waals surface area contributed by atoms with Gasteiger partial charge in [0, 0.05) is 25.4 Å². The number of oxazole rings is 1. The van der Waals surface area contributed by atoms with Crippen LogP contribution < -0.4 is 11.1 Å². The number of sulfonamides is 1. The molecule has 3 heterocycles. The predicted molar refractivity (Wildman–Crippen MR) is 120 cm³/mol. The molecule has 0 aliphatic carbocycles. The van der Waals surface area contributed by atoms with E-state index in [0.717, 1.165) is 12.0 Å². The van der Waals surface area contributed by atoms with Gasteiger partial charge in [0.15, 0.2) is 5.58 Å². The van der Waals surface area contributed by atoms with Crippen molar-refractivity contribution in [2.45, 2.75) is 38.6 Å². The normalized spacial score (nSPS) is 19.8. The van der Waals surface area contributed by atoms with Crippen LogP contribution in [0.2, 0.25) is 0 Å². The second-order valence-electron chi connectivity index (χ2n) is 8.62. The molecule has 1 fully saturated rings. The molecular formula is C22H26N4O5S. The summed E-state index contributed by atoms with van der Waals surface area (Å²) in [6.07, 6.45) is 2.61. The van der Waals surface area contributed by atoms with Crippen LogP contribution in [0.4, 0.5) is 5.82 Å². The van der Waals surface area contributed by atoms with Gasteiger partial charge in [-0.3, -0.25) is 9.36 Å². The Balaban J connectivity index is 1.58. The Labute approximate surface area is 186 Å². The van der Waals surface area contributed by atoms with Crippen LogP contribution in [0.5, 0.6) is 0 Å². The second kappa shape index (κ2) is 8.51. The average Bonchev–Trinajstić information content (AvgIpc) is 3.03. The highest BCUT2D eigenvalue weighted by Gasteiger charge is 2.32. The quantitative estimate of drug-likeness (QED) is 0.629. The van der Waals surface area contributed by atoms with Gasteiger partial charge in [-0.05, 0) is 48.9 Å². The number of aromatic nitrogens is 2. The zero-order valence-electron chi connectivity index (χ0n) is 18.2. The van der Waals surface area contributed by atoms with Crippen molar-refractivity contribution in [3.8, 4) is 0 Å². The first-order valence-electron chi connectivity index (χ1n) is 10.5. The lowest BCUT2D eigenvalue weighted by Crippen LogP contribution is -2.42. The maximum atomic E-state index is 13.1. The molecule has 2 aromatic heterocycles. The maximum Gasteiger partial charge on any atom is 0.420 e. The number of hydrogen-bond acceptors (Lipinski definition) is 6. The van der Waals surface area contributed by atoms with Gasteiger partial charge in [-0.15, -0.1) is 0 Å². The van der Waals surface area contributed by atoms with Gasteiger partial charge in [0.2, 0.25) is 15.9 Å². The zero-order valence-corrected chi connectivity index (χ0v) is 19.1. The predicted octanol–water partition coefficient (Wildman–Crippen LogP) is 2.60. The summed E-state index contributed by atoms with van der Waals surface area (Å²) in [4.78, 5) is 28.9. The highest BCUT2D eigenvalue weighted by atomic mass is 32.2. The van der Waals surface area contributed by atoms with E-state index in [0.29, 0.717) is 24.4 Å². The van der Waals surface area contributed by atoms with Gasteiger partial charge in [0.05, 0.1) is 10.4 Å². The van der Waals surface area contributed by atoms with Crippen LogP contribution in [-0.2, 0) is 21.4 Å². The molecule has 170 valence electrons. The Morgan fingerprint density at radius 3 is 2.56 bits per heavy atom. The number of hydrogen-bond donors (Lipinski definition) is 1. The van der Waals surface area contributed by atoms with Gasteiger partial charge >= 0.3 is 5.76 Å². The molecule has 2 unspecified atom stereocenters. The fourth-order valence-electron chi connectivity index (χ4n) is 4.18. The van der Waals surface area contributed by atoms with Crippen LogP contribution >= 0.6 is 0 Å². The summed E-state index contributed by atoms with van der Waals surface area (Å²) in [5.41, 5.74) is 1.43. The summed E-state index contributed by atoms with van der Waals surface area (Å²) >= 11 is 0. The molecule has 3 aromatic rings. The average molecular weight is 459 g/mol. The molecule has 2 atom stereocenters. The fraction of sp³-hybridized carbons (Fsp3) is 0.409. The van der Waals surface area contributed by atoms with E-state index in [4.69, 9.17) is 4.42 Å². The highest BCUT2D eigenvalue weighted by molar-refractivity contribution is 7.89. The summed E-state index contributed by atoms with van der Waals surface area (Å²) in [5.74, 6) is -0.253. The van der Waals surface area contributed by atoms with E-state index in [1.807, 2.05) is 26.8 Å². The summed E-state index contributed by atoms with van der Waals surface area (Å²) in [5, 5.41) is 2.63. The molecule has 0 saturated carbocycles. The molecule has 10 heteroatoms. The van der Waals surface area contributed by atoms with Gasteiger partial charge in [0.25, 0.3) is 0 Å². The van der Waals surface area contributed by atoms with E-state index < -0.39 is 21.7 Å². The number of piperidine rings is 1. The molecule has 1 saturated heterocycles. The Hall–Kier alpha value is -2.98. The van der Waals surface area contributed by atoms with E-state index in [2.05, 4.69) is 10.3 Å². The van der Waals surface area contributed by atoms with Gasteiger partial charge in [-0.1, -0.05) is 19.9 Å². The maximum absolute atomic E-state index is 13.1. The third-order valence-corrected chi connectivity index (χ3v) is 7.42. The van der Waals surface area contributed by atoms with E-state index in [-0.39, 0.29) is 28.9 Å². The monoisotopic (exact) mass is 458 g/mol. The smallest absolute Gasteiger partial charge is 0.408 e. The molecule has 32 heavy (non-hydrogen) atoms. The minimum atomic E-state index is -3.72. The standard InChI is InChI=1S/C22H26N4O5S/c1-14-4-7-20(23-10-14)24-21(27)13-26-18-6-5-17(9-19(18)31-22(26)28)32(29,30)25-11-15(2)8-16(3)12-25/h4-7,9-10,15-16H,8,11-13H2,1-3H3,(H,23,24,27). The molecule has 1 N–H and O–H groups in total. The number of nitrogens with one attached hydrogen (secondary N) is 1. The van der Waals surface area contributed by atoms with E-state index in [9.17, 15) is 18.0 Å². The minimum absolute atomic E-state index is 0.0699. The van der Waals surface area contributed by atoms with Crippen molar-refractivity contribution in [2.75, 3.05) is 18.4 Å². The molecule has 1 amide bonds. The lowest BCUT2D eigenvalue weighted by molar-refractivity contribution is -0.116. The van der Waals surface area contributed by atoms with Crippen LogP contribution in [0.3, 0.4) is 0 Å². The fourth-order valence-corrected chi connectivity index (χ4v) is 5.87. The topological polar surface area (TPSA) is 115 Å². The first kappa shape index (κ1) is 22.2. The van der Waals surface area contributed by atoms with Crippen molar-refractivity contribution >= 4 is 32.8 Å². The Morgan fingerprint density at radius 1 is 1.19 bits per heavy atom. The molecule has 0 bridgehead atoms. The van der Waals surface area contributed by atoms with Crippen LogP contribution in [-0.4, -0.2) is 41.3 Å². The third kappa shape index (κ3) is 4.46. The number of aryl methyl sites for hydroxylation is 1. The number of fused-ring (bicyclic) bond motifs is 1. The SMILES string of the molecule is Cc1ccc(NC(=O)Cn2c(=O)oc3cc(S(=O)(=O)N4CC(C)CC(C)C4)ccc32)nc1. The number of pyridine rings is 1. The number of carbonyl (C=O) groups is 1. The van der Waals surface area contributed by atoms with Crippen molar-refractivity contribution in [2.24, 2.45) is 11.8 Å². The zero-order chi connectivity index (χ0) is 23.0. The number of benzene rings is 1. The van der Waals surface area contributed by atoms with Crippen LogP contribution in [0.1, 0.15) is 25.8 Å². The Kier molecular flexibility index (Phi) is 5.91. The van der Waals surface area contributed by atoms with Crippen LogP contribution in [0.25, 0.3) is 11.1 Å². The molecule has 9 nitrogen and oxygen atoms in total. The lowest BCUT2D eigenvalue weighted by atomic mass is 9.94. The Bertz CT molecular complexity index is 1300. The number of amides is 1. The molecule has 1 aliphatic rings. The van der Waals surface area contributed by atoms with Gasteiger partial charge < -0.3 is 9.73 Å². The van der Waals surface area contributed by atoms with Gasteiger partial charge in [-0.2, -0.15) is 4.31 Å². The van der Waals surface area contributed by atoms with Crippen molar-refractivity contribution in [1.82, 2.24) is 13.9 Å². The molecule has 4 rings (SSSR count). The third-order valence-electron chi connectivity index (χ3n) is 5.59. The minimum Gasteiger partial charge on any atom is -0.408 e. The molecule has 1 aromatic carbocycles. The Morgan fingerprint density at radius 2 is 1.91 bits per heavy atom. The molecule has 0 radical (unpaired) electrons. The molecule has 1 aliphatic heterocycles. The van der Waals surface area contributed by atoms with Crippen LogP contribution in [0, 0.1) is 18.8 Å². The molecular weight excluding hydrogens is 432 g/mol. The van der Waals surface area contributed by atoms with Gasteiger partial charge in [0.1, 0.15) is 12.4 Å². The van der Waals surface area contributed by atoms with Crippen molar-refractivity contribution in [1.29, 1.82) is 0 Å². The number of anilines is 1. The van der Waals surface area contributed by atoms with E-state index >= 15 is 0 Å². The van der Waals surface area contributed by atoms with Crippen molar-refractivity contribution in [3.05, 3.63) is 52.6 Å². The largest absolute Gasteiger partial charge is 0.420 e. The van der Waals surface area contributed by atoms with Crippen molar-refractivity contribution in [3.63, 3.8) is 0 Å². The summed E-state index contributed by atoms with van der Waals surface area (Å²) in [7, 11) is -3.72. The number of rotatable bonds is 5. The first-order valence-corrected chi connectivity index (χ1v) is 11.9. The van der Waals surface area contributed by atoms with E-state index in [1.54, 1.807) is 12.3 Å². The lowest BCUT2D eigenvalue weighted by Gasteiger charge is -2.34. The summed E-state index contributed by atoms with van der Waals surface area (Å²) in [6, 6.07) is 7.79. The van der Waals surface area contributed by atoms with Crippen LogP contribution in [0.15, 0.2) is 50.6 Å². The highest BCUT2D eigenvalue weighted by Crippen LogP contribution is 2.28. The van der Waals surface area contributed by atoms with Crippen molar-refractivity contribution < 1.29 is 17.6 Å². The first-order chi connectivity index (χ1) is 15.1. The number of carbonyl (C=O) groups excluding carboxylic acids is 1. The summed E-state index contributed by atoms with van der Waals surface area (Å²) < 4.78 is 34.2. The number of nitrogens with zero attached hydrogens (tertiary/aromatic N) is 3. The molecule has 0 spiro atoms. The van der Waals surface area contributed by atoms with Gasteiger partial charge in [-0.25, -0.2) is 18.2 Å². The second-order valence-corrected chi connectivity index (χ2v) is 10.6. The summed E-state index contributed by atoms with van der Waals surface area (Å²) in [6.45, 7) is 6.60.